The van der Waals surface area contributed by atoms with E-state index in [-0.39, 0.29) is 62.2 Å². The molecule has 0 unspecified atom stereocenters. The standard InChI is InChI=1S/C21H33NO15S.Na/c1-12(23)33-11-16-17(34-13(2)24)18(35-14(3)25)19(36-15(4)26)20(37-16)31-8-6-9-32-21(27)22-7-5-10-38(28,29)30;/h16-20H,5-11H2,1-4H3,(H,22,27)(H,28,29,30);/q;+1/p-1/t16-,17-,18+,19-,20-;/m1./s1. The molecule has 1 fully saturated rings. The first-order valence-corrected chi connectivity index (χ1v) is 13.0. The van der Waals surface area contributed by atoms with Gasteiger partial charge in [0.05, 0.1) is 23.3 Å². The van der Waals surface area contributed by atoms with Crippen molar-refractivity contribution >= 4 is 40.1 Å². The molecule has 0 aromatic carbocycles. The van der Waals surface area contributed by atoms with Gasteiger partial charge in [0.15, 0.2) is 24.6 Å². The van der Waals surface area contributed by atoms with Gasteiger partial charge in [-0.05, 0) is 6.42 Å². The summed E-state index contributed by atoms with van der Waals surface area (Å²) in [5, 5.41) is 2.28. The Hall–Kier alpha value is -2.02. The maximum Gasteiger partial charge on any atom is 1.00 e. The Balaban J connectivity index is 0.0000144. The molecule has 1 saturated heterocycles. The van der Waals surface area contributed by atoms with Crippen molar-refractivity contribution < 1.29 is 99.7 Å². The summed E-state index contributed by atoms with van der Waals surface area (Å²) in [5.41, 5.74) is 0. The molecular formula is C21H32NNaO15S. The van der Waals surface area contributed by atoms with E-state index in [1.807, 2.05) is 0 Å². The van der Waals surface area contributed by atoms with Crippen LogP contribution in [0.15, 0.2) is 0 Å². The van der Waals surface area contributed by atoms with Crippen LogP contribution >= 0.6 is 0 Å². The Morgan fingerprint density at radius 3 is 1.90 bits per heavy atom. The number of esters is 4. The van der Waals surface area contributed by atoms with Crippen molar-refractivity contribution in [2.24, 2.45) is 0 Å². The SMILES string of the molecule is CC(=O)OC[C@H]1O[C@@H](OCCCOC(=O)NCCCS(=O)(=O)[O-])[C@H](OC(C)=O)[C@@H](OC(C)=O)[C@@H]1OC(C)=O.[Na+]. The molecule has 5 atom stereocenters. The summed E-state index contributed by atoms with van der Waals surface area (Å²) in [5.74, 6) is -3.63. The molecule has 218 valence electrons. The van der Waals surface area contributed by atoms with Crippen molar-refractivity contribution in [2.75, 3.05) is 32.1 Å². The van der Waals surface area contributed by atoms with Crippen LogP contribution < -0.4 is 34.9 Å². The van der Waals surface area contributed by atoms with Crippen LogP contribution in [0.4, 0.5) is 4.79 Å². The summed E-state index contributed by atoms with van der Waals surface area (Å²) < 4.78 is 68.7. The summed E-state index contributed by atoms with van der Waals surface area (Å²) in [6.07, 6.45) is -7.40. The zero-order chi connectivity index (χ0) is 28.9. The van der Waals surface area contributed by atoms with Crippen molar-refractivity contribution in [2.45, 2.75) is 71.2 Å². The second-order valence-corrected chi connectivity index (χ2v) is 9.49. The average molecular weight is 594 g/mol. The van der Waals surface area contributed by atoms with E-state index in [2.05, 4.69) is 5.32 Å². The van der Waals surface area contributed by atoms with Gasteiger partial charge < -0.3 is 43.0 Å². The van der Waals surface area contributed by atoms with Gasteiger partial charge in [-0.3, -0.25) is 19.2 Å². The Morgan fingerprint density at radius 1 is 0.795 bits per heavy atom. The molecule has 0 aromatic heterocycles. The van der Waals surface area contributed by atoms with E-state index >= 15 is 0 Å². The normalized spacial score (nSPS) is 22.4. The van der Waals surface area contributed by atoms with Gasteiger partial charge in [-0.2, -0.15) is 0 Å². The van der Waals surface area contributed by atoms with E-state index in [9.17, 15) is 36.9 Å². The predicted molar refractivity (Wildman–Crippen MR) is 121 cm³/mol. The van der Waals surface area contributed by atoms with E-state index in [0.717, 1.165) is 27.7 Å². The third-order valence-electron chi connectivity index (χ3n) is 4.59. The second kappa shape index (κ2) is 18.4. The number of carbonyl (C=O) groups is 5. The third kappa shape index (κ3) is 16.0. The molecular weight excluding hydrogens is 561 g/mol. The minimum atomic E-state index is -4.38. The number of alkyl carbamates (subject to hydrolysis) is 1. The fraction of sp³-hybridized carbons (Fsp3) is 0.762. The van der Waals surface area contributed by atoms with Crippen LogP contribution in [0.3, 0.4) is 0 Å². The van der Waals surface area contributed by atoms with E-state index < -0.39 is 83.2 Å². The smallest absolute Gasteiger partial charge is 0.748 e. The molecule has 0 radical (unpaired) electrons. The molecule has 1 rings (SSSR count). The van der Waals surface area contributed by atoms with Gasteiger partial charge in [0.1, 0.15) is 12.7 Å². The van der Waals surface area contributed by atoms with Crippen molar-refractivity contribution in [3.8, 4) is 0 Å². The zero-order valence-electron chi connectivity index (χ0n) is 22.4. The Morgan fingerprint density at radius 2 is 1.36 bits per heavy atom. The first kappa shape index (κ1) is 37.0. The van der Waals surface area contributed by atoms with Gasteiger partial charge in [-0.25, -0.2) is 13.2 Å². The van der Waals surface area contributed by atoms with Crippen molar-refractivity contribution in [3.63, 3.8) is 0 Å². The maximum absolute atomic E-state index is 11.8. The van der Waals surface area contributed by atoms with Crippen molar-refractivity contribution in [1.82, 2.24) is 5.32 Å². The molecule has 18 heteroatoms. The molecule has 1 aliphatic heterocycles. The van der Waals surface area contributed by atoms with Crippen molar-refractivity contribution in [3.05, 3.63) is 0 Å². The molecule has 0 aliphatic carbocycles. The Labute approximate surface area is 247 Å². The number of hydrogen-bond acceptors (Lipinski definition) is 15. The van der Waals surface area contributed by atoms with Gasteiger partial charge in [0.25, 0.3) is 0 Å². The molecule has 0 aromatic rings. The largest absolute Gasteiger partial charge is 1.00 e. The molecule has 1 aliphatic rings. The van der Waals surface area contributed by atoms with Crippen LogP contribution in [0.2, 0.25) is 0 Å². The Kier molecular flexibility index (Phi) is 17.4. The molecule has 1 heterocycles. The minimum absolute atomic E-state index is 0. The predicted octanol–water partition coefficient (Wildman–Crippen LogP) is -3.86. The number of carbonyl (C=O) groups excluding carboxylic acids is 5. The number of ether oxygens (including phenoxy) is 7. The van der Waals surface area contributed by atoms with Crippen LogP contribution in [-0.4, -0.2) is 106 Å². The molecule has 0 bridgehead atoms. The van der Waals surface area contributed by atoms with E-state index in [0.29, 0.717) is 0 Å². The topological polar surface area (TPSA) is 219 Å². The number of hydrogen-bond donors (Lipinski definition) is 1. The average Bonchev–Trinajstić information content (AvgIpc) is 2.77. The fourth-order valence-corrected chi connectivity index (χ4v) is 3.73. The first-order valence-electron chi connectivity index (χ1n) is 11.5. The third-order valence-corrected chi connectivity index (χ3v) is 5.38. The molecule has 0 spiro atoms. The summed E-state index contributed by atoms with van der Waals surface area (Å²) in [7, 11) is -4.38. The van der Waals surface area contributed by atoms with E-state index in [1.165, 1.54) is 0 Å². The quantitative estimate of drug-likeness (QED) is 0.0670. The fourth-order valence-electron chi connectivity index (χ4n) is 3.24. The second-order valence-electron chi connectivity index (χ2n) is 7.97. The summed E-state index contributed by atoms with van der Waals surface area (Å²) in [6.45, 7) is 3.67. The van der Waals surface area contributed by atoms with Gasteiger partial charge >= 0.3 is 59.5 Å². The van der Waals surface area contributed by atoms with Gasteiger partial charge in [0, 0.05) is 46.4 Å². The minimum Gasteiger partial charge on any atom is -0.748 e. The summed E-state index contributed by atoms with van der Waals surface area (Å²) in [4.78, 5) is 58.2. The molecule has 1 amide bonds. The molecule has 16 nitrogen and oxygen atoms in total. The monoisotopic (exact) mass is 593 g/mol. The van der Waals surface area contributed by atoms with Crippen LogP contribution in [-0.2, 0) is 62.5 Å². The summed E-state index contributed by atoms with van der Waals surface area (Å²) in [6, 6.07) is 0. The summed E-state index contributed by atoms with van der Waals surface area (Å²) >= 11 is 0. The van der Waals surface area contributed by atoms with Crippen LogP contribution in [0.25, 0.3) is 0 Å². The van der Waals surface area contributed by atoms with Crippen LogP contribution in [0.5, 0.6) is 0 Å². The Bertz CT molecular complexity index is 944. The maximum atomic E-state index is 11.8. The van der Waals surface area contributed by atoms with Gasteiger partial charge in [-0.15, -0.1) is 0 Å². The van der Waals surface area contributed by atoms with Crippen molar-refractivity contribution in [1.29, 1.82) is 0 Å². The van der Waals surface area contributed by atoms with Crippen LogP contribution in [0, 0.1) is 0 Å². The number of amides is 1. The van der Waals surface area contributed by atoms with Gasteiger partial charge in [0.2, 0.25) is 0 Å². The first-order chi connectivity index (χ1) is 17.7. The number of rotatable bonds is 14. The molecule has 0 saturated carbocycles. The van der Waals surface area contributed by atoms with E-state index in [1.54, 1.807) is 0 Å². The van der Waals surface area contributed by atoms with E-state index in [4.69, 9.17) is 33.2 Å². The zero-order valence-corrected chi connectivity index (χ0v) is 25.2. The number of nitrogens with one attached hydrogen (secondary N) is 1. The molecule has 39 heavy (non-hydrogen) atoms. The molecule has 1 N–H and O–H groups in total. The van der Waals surface area contributed by atoms with Gasteiger partial charge in [-0.1, -0.05) is 0 Å². The van der Waals surface area contributed by atoms with Crippen LogP contribution in [0.1, 0.15) is 40.5 Å².